The van der Waals surface area contributed by atoms with Gasteiger partial charge < -0.3 is 25.2 Å². The Morgan fingerprint density at radius 1 is 1.00 bits per heavy atom. The SMILES string of the molecule is COC(=O)[C@H](CSC#Cc1ccccc1)NC(=O)[C@H](Cc1ccc(O)cc1)NC(=O)OC(C)(C)C. The van der Waals surface area contributed by atoms with Crippen molar-refractivity contribution in [1.82, 2.24) is 10.6 Å². The number of nitrogens with one attached hydrogen (secondary N) is 2. The minimum Gasteiger partial charge on any atom is -0.508 e. The van der Waals surface area contributed by atoms with Crippen LogP contribution in [0.25, 0.3) is 0 Å². The van der Waals surface area contributed by atoms with Crippen molar-refractivity contribution in [3.8, 4) is 16.9 Å². The summed E-state index contributed by atoms with van der Waals surface area (Å²) in [6, 6.07) is 13.6. The van der Waals surface area contributed by atoms with Gasteiger partial charge in [0.15, 0.2) is 0 Å². The van der Waals surface area contributed by atoms with E-state index in [4.69, 9.17) is 9.47 Å². The van der Waals surface area contributed by atoms with Crippen molar-refractivity contribution >= 4 is 29.7 Å². The van der Waals surface area contributed by atoms with Crippen molar-refractivity contribution in [2.45, 2.75) is 44.9 Å². The number of thioether (sulfide) groups is 1. The van der Waals surface area contributed by atoms with Crippen LogP contribution in [0.2, 0.25) is 0 Å². The van der Waals surface area contributed by atoms with Crippen LogP contribution in [0.15, 0.2) is 54.6 Å². The molecule has 0 heterocycles. The van der Waals surface area contributed by atoms with E-state index in [0.29, 0.717) is 5.56 Å². The number of rotatable bonds is 8. The number of hydrogen-bond acceptors (Lipinski definition) is 7. The van der Waals surface area contributed by atoms with Crippen LogP contribution >= 0.6 is 11.8 Å². The number of carbonyl (C=O) groups is 3. The number of hydrogen-bond donors (Lipinski definition) is 3. The molecule has 2 rings (SSSR count). The smallest absolute Gasteiger partial charge is 0.408 e. The molecule has 0 fully saturated rings. The standard InChI is InChI=1S/C26H30N2O6S/c1-26(2,3)34-25(32)28-21(16-19-10-12-20(29)13-11-19)23(30)27-22(24(31)33-4)17-35-15-14-18-8-6-5-7-9-18/h5-13,21-22,29H,16-17H2,1-4H3,(H,27,30)(H,28,32)/t21-,22-/m0/s1. The highest BCUT2D eigenvalue weighted by molar-refractivity contribution is 8.03. The molecule has 2 aromatic rings. The molecule has 0 aromatic heterocycles. The summed E-state index contributed by atoms with van der Waals surface area (Å²) in [4.78, 5) is 37.8. The van der Waals surface area contributed by atoms with Crippen molar-refractivity contribution in [3.05, 3.63) is 65.7 Å². The van der Waals surface area contributed by atoms with Gasteiger partial charge in [0, 0.05) is 17.7 Å². The van der Waals surface area contributed by atoms with Crippen LogP contribution in [-0.2, 0) is 25.5 Å². The highest BCUT2D eigenvalue weighted by Crippen LogP contribution is 2.13. The third kappa shape index (κ3) is 10.4. The average molecular weight is 499 g/mol. The fourth-order valence-corrected chi connectivity index (χ4v) is 3.51. The van der Waals surface area contributed by atoms with Crippen LogP contribution in [0.1, 0.15) is 31.9 Å². The second-order valence-corrected chi connectivity index (χ2v) is 9.38. The molecule has 9 heteroatoms. The van der Waals surface area contributed by atoms with Gasteiger partial charge in [0.1, 0.15) is 23.4 Å². The van der Waals surface area contributed by atoms with Gasteiger partial charge in [0.25, 0.3) is 0 Å². The first-order valence-electron chi connectivity index (χ1n) is 10.9. The lowest BCUT2D eigenvalue weighted by molar-refractivity contribution is -0.144. The summed E-state index contributed by atoms with van der Waals surface area (Å²) >= 11 is 1.16. The molecule has 0 aliphatic carbocycles. The molecule has 3 N–H and O–H groups in total. The Bertz CT molecular complexity index is 1060. The highest BCUT2D eigenvalue weighted by atomic mass is 32.2. The zero-order chi connectivity index (χ0) is 25.8. The molecule has 0 aliphatic heterocycles. The molecule has 0 saturated carbocycles. The first-order valence-corrected chi connectivity index (χ1v) is 11.9. The maximum absolute atomic E-state index is 13.1. The second-order valence-electron chi connectivity index (χ2n) is 8.56. The predicted octanol–water partition coefficient (Wildman–Crippen LogP) is 3.23. The maximum atomic E-state index is 13.1. The van der Waals surface area contributed by atoms with Gasteiger partial charge in [-0.25, -0.2) is 9.59 Å². The second kappa shape index (κ2) is 13.3. The van der Waals surface area contributed by atoms with E-state index < -0.39 is 35.7 Å². The minimum atomic E-state index is -1.04. The highest BCUT2D eigenvalue weighted by Gasteiger charge is 2.29. The van der Waals surface area contributed by atoms with E-state index in [2.05, 4.69) is 21.8 Å². The number of ether oxygens (including phenoxy) is 2. The minimum absolute atomic E-state index is 0.0780. The van der Waals surface area contributed by atoms with Crippen molar-refractivity contribution in [1.29, 1.82) is 0 Å². The molecule has 8 nitrogen and oxygen atoms in total. The van der Waals surface area contributed by atoms with Gasteiger partial charge >= 0.3 is 12.1 Å². The summed E-state index contributed by atoms with van der Waals surface area (Å²) in [6.45, 7) is 5.13. The molecule has 0 radical (unpaired) electrons. The number of benzene rings is 2. The number of methoxy groups -OCH3 is 1. The molecule has 2 amide bonds. The van der Waals surface area contributed by atoms with Crippen molar-refractivity contribution in [3.63, 3.8) is 0 Å². The molecular weight excluding hydrogens is 468 g/mol. The van der Waals surface area contributed by atoms with E-state index in [1.165, 1.54) is 19.2 Å². The predicted molar refractivity (Wildman–Crippen MR) is 135 cm³/mol. The Kier molecular flexibility index (Phi) is 10.5. The Morgan fingerprint density at radius 3 is 2.26 bits per heavy atom. The molecule has 35 heavy (non-hydrogen) atoms. The quantitative estimate of drug-likeness (QED) is 0.378. The number of aromatic hydroxyl groups is 1. The van der Waals surface area contributed by atoms with Crippen LogP contribution in [0.4, 0.5) is 4.79 Å². The molecule has 2 atom stereocenters. The van der Waals surface area contributed by atoms with Gasteiger partial charge in [-0.05, 0) is 55.9 Å². The number of phenolic OH excluding ortho intramolecular Hbond substituents is 1. The first-order chi connectivity index (χ1) is 16.6. The molecule has 2 aromatic carbocycles. The topological polar surface area (TPSA) is 114 Å². The van der Waals surface area contributed by atoms with E-state index in [-0.39, 0.29) is 17.9 Å². The number of carbonyl (C=O) groups excluding carboxylic acids is 3. The Labute approximate surface area is 209 Å². The lowest BCUT2D eigenvalue weighted by atomic mass is 10.0. The summed E-state index contributed by atoms with van der Waals surface area (Å²) in [6.07, 6.45) is -0.658. The monoisotopic (exact) mass is 498 g/mol. The number of amides is 2. The zero-order valence-corrected chi connectivity index (χ0v) is 21.0. The van der Waals surface area contributed by atoms with E-state index in [1.54, 1.807) is 32.9 Å². The summed E-state index contributed by atoms with van der Waals surface area (Å²) in [5.41, 5.74) is 0.762. The Hall–Kier alpha value is -3.64. The fourth-order valence-electron chi connectivity index (χ4n) is 2.85. The van der Waals surface area contributed by atoms with Gasteiger partial charge in [-0.15, -0.1) is 0 Å². The van der Waals surface area contributed by atoms with Crippen LogP contribution in [0.5, 0.6) is 5.75 Å². The van der Waals surface area contributed by atoms with Gasteiger partial charge in [-0.2, -0.15) is 0 Å². The Balaban J connectivity index is 2.12. The summed E-state index contributed by atoms with van der Waals surface area (Å²) in [7, 11) is 1.23. The summed E-state index contributed by atoms with van der Waals surface area (Å²) in [5, 5.41) is 17.6. The van der Waals surface area contributed by atoms with Crippen molar-refractivity contribution in [2.24, 2.45) is 0 Å². The third-order valence-electron chi connectivity index (χ3n) is 4.48. The molecule has 0 saturated heterocycles. The van der Waals surface area contributed by atoms with Crippen LogP contribution in [-0.4, -0.2) is 53.6 Å². The van der Waals surface area contributed by atoms with Crippen LogP contribution in [0.3, 0.4) is 0 Å². The zero-order valence-electron chi connectivity index (χ0n) is 20.2. The number of phenols is 1. The number of esters is 1. The molecule has 0 aliphatic rings. The van der Waals surface area contributed by atoms with E-state index in [0.717, 1.165) is 17.3 Å². The summed E-state index contributed by atoms with van der Waals surface area (Å²) < 4.78 is 10.1. The molecule has 186 valence electrons. The van der Waals surface area contributed by atoms with Crippen molar-refractivity contribution in [2.75, 3.05) is 12.9 Å². The number of alkyl carbamates (subject to hydrolysis) is 1. The normalized spacial score (nSPS) is 12.3. The molecular formula is C26H30N2O6S. The van der Waals surface area contributed by atoms with E-state index >= 15 is 0 Å². The maximum Gasteiger partial charge on any atom is 0.408 e. The summed E-state index contributed by atoms with van der Waals surface area (Å²) in [5.74, 6) is 1.98. The molecule has 0 bridgehead atoms. The van der Waals surface area contributed by atoms with Crippen LogP contribution < -0.4 is 10.6 Å². The molecule has 0 spiro atoms. The fraction of sp³-hybridized carbons (Fsp3) is 0.346. The van der Waals surface area contributed by atoms with Crippen LogP contribution in [0, 0.1) is 11.2 Å². The largest absolute Gasteiger partial charge is 0.508 e. The lowest BCUT2D eigenvalue weighted by Gasteiger charge is -2.24. The van der Waals surface area contributed by atoms with Gasteiger partial charge in [0.05, 0.1) is 7.11 Å². The lowest BCUT2D eigenvalue weighted by Crippen LogP contribution is -2.54. The average Bonchev–Trinajstić information content (AvgIpc) is 2.80. The Morgan fingerprint density at radius 2 is 1.66 bits per heavy atom. The van der Waals surface area contributed by atoms with E-state index in [9.17, 15) is 19.5 Å². The van der Waals surface area contributed by atoms with Crippen molar-refractivity contribution < 1.29 is 29.0 Å². The third-order valence-corrected chi connectivity index (χ3v) is 5.22. The van der Waals surface area contributed by atoms with Gasteiger partial charge in [-0.3, -0.25) is 4.79 Å². The van der Waals surface area contributed by atoms with E-state index in [1.807, 2.05) is 30.3 Å². The van der Waals surface area contributed by atoms with Gasteiger partial charge in [0.2, 0.25) is 5.91 Å². The van der Waals surface area contributed by atoms with Gasteiger partial charge in [-0.1, -0.05) is 48.0 Å². The molecule has 0 unspecified atom stereocenters. The first kappa shape index (κ1) is 27.6.